The standard InChI is InChI=1S/C13H18N2O2/c14-12(10-4-2-1-3-5-10)11-6-8-15(9-7-11)13(16)17/h1-5,11-12H,6-9,14H2,(H,16,17)/t12-/m1/s1. The van der Waals surface area contributed by atoms with Gasteiger partial charge in [-0.2, -0.15) is 0 Å². The molecule has 1 aromatic rings. The van der Waals surface area contributed by atoms with Crippen molar-refractivity contribution >= 4 is 6.09 Å². The van der Waals surface area contributed by atoms with E-state index in [0.29, 0.717) is 19.0 Å². The normalized spacial score (nSPS) is 19.0. The SMILES string of the molecule is N[C@H](c1ccccc1)C1CCN(C(=O)O)CC1. The molecule has 3 N–H and O–H groups in total. The van der Waals surface area contributed by atoms with E-state index in [1.165, 1.54) is 4.90 Å². The van der Waals surface area contributed by atoms with Crippen LogP contribution in [0.3, 0.4) is 0 Å². The Bertz CT molecular complexity index is 372. The first-order valence-corrected chi connectivity index (χ1v) is 5.97. The monoisotopic (exact) mass is 234 g/mol. The first-order valence-electron chi connectivity index (χ1n) is 5.97. The van der Waals surface area contributed by atoms with E-state index in [4.69, 9.17) is 10.8 Å². The van der Waals surface area contributed by atoms with Gasteiger partial charge in [0.25, 0.3) is 0 Å². The van der Waals surface area contributed by atoms with E-state index in [-0.39, 0.29) is 6.04 Å². The molecule has 0 aromatic heterocycles. The van der Waals surface area contributed by atoms with Crippen molar-refractivity contribution in [3.05, 3.63) is 35.9 Å². The molecule has 1 atom stereocenters. The van der Waals surface area contributed by atoms with Crippen LogP contribution in [0, 0.1) is 5.92 Å². The first kappa shape index (κ1) is 11.9. The van der Waals surface area contributed by atoms with Crippen molar-refractivity contribution in [3.8, 4) is 0 Å². The molecule has 92 valence electrons. The number of likely N-dealkylation sites (tertiary alicyclic amines) is 1. The van der Waals surface area contributed by atoms with Gasteiger partial charge in [-0.15, -0.1) is 0 Å². The molecule has 17 heavy (non-hydrogen) atoms. The lowest BCUT2D eigenvalue weighted by molar-refractivity contribution is 0.120. The Balaban J connectivity index is 1.95. The third-order valence-electron chi connectivity index (χ3n) is 3.50. The molecule has 1 aliphatic rings. The fraction of sp³-hybridized carbons (Fsp3) is 0.462. The lowest BCUT2D eigenvalue weighted by Gasteiger charge is -2.33. The van der Waals surface area contributed by atoms with Gasteiger partial charge in [0.15, 0.2) is 0 Å². The molecule has 0 spiro atoms. The summed E-state index contributed by atoms with van der Waals surface area (Å²) < 4.78 is 0. The highest BCUT2D eigenvalue weighted by atomic mass is 16.4. The van der Waals surface area contributed by atoms with Gasteiger partial charge in [0.05, 0.1) is 0 Å². The van der Waals surface area contributed by atoms with E-state index in [0.717, 1.165) is 18.4 Å². The minimum Gasteiger partial charge on any atom is -0.465 e. The molecule has 0 aliphatic carbocycles. The minimum atomic E-state index is -0.822. The highest BCUT2D eigenvalue weighted by Crippen LogP contribution is 2.28. The van der Waals surface area contributed by atoms with Crippen LogP contribution >= 0.6 is 0 Å². The Morgan fingerprint density at radius 3 is 2.41 bits per heavy atom. The zero-order valence-electron chi connectivity index (χ0n) is 9.75. The van der Waals surface area contributed by atoms with Crippen LogP contribution in [0.15, 0.2) is 30.3 Å². The molecule has 1 aromatic carbocycles. The molecule has 1 heterocycles. The van der Waals surface area contributed by atoms with Crippen molar-refractivity contribution in [2.24, 2.45) is 11.7 Å². The van der Waals surface area contributed by atoms with Gasteiger partial charge in [0.1, 0.15) is 0 Å². The van der Waals surface area contributed by atoms with Crippen LogP contribution in [0.4, 0.5) is 4.79 Å². The van der Waals surface area contributed by atoms with E-state index < -0.39 is 6.09 Å². The smallest absolute Gasteiger partial charge is 0.407 e. The molecule has 0 saturated carbocycles. The second-order valence-electron chi connectivity index (χ2n) is 4.54. The number of nitrogens with two attached hydrogens (primary N) is 1. The second-order valence-corrected chi connectivity index (χ2v) is 4.54. The second kappa shape index (κ2) is 5.19. The van der Waals surface area contributed by atoms with Gasteiger partial charge < -0.3 is 15.7 Å². The summed E-state index contributed by atoms with van der Waals surface area (Å²) in [6.07, 6.45) is 0.877. The van der Waals surface area contributed by atoms with Gasteiger partial charge in [0.2, 0.25) is 0 Å². The Hall–Kier alpha value is -1.55. The van der Waals surface area contributed by atoms with Gasteiger partial charge in [-0.05, 0) is 24.3 Å². The number of amides is 1. The number of carboxylic acid groups (broad SMARTS) is 1. The average molecular weight is 234 g/mol. The molecule has 2 rings (SSSR count). The summed E-state index contributed by atoms with van der Waals surface area (Å²) in [6, 6.07) is 10.0. The van der Waals surface area contributed by atoms with Crippen molar-refractivity contribution in [2.75, 3.05) is 13.1 Å². The fourth-order valence-corrected chi connectivity index (χ4v) is 2.40. The van der Waals surface area contributed by atoms with Crippen LogP contribution in [0.2, 0.25) is 0 Å². The Labute approximate surface area is 101 Å². The molecular formula is C13H18N2O2. The summed E-state index contributed by atoms with van der Waals surface area (Å²) >= 11 is 0. The van der Waals surface area contributed by atoms with E-state index >= 15 is 0 Å². The van der Waals surface area contributed by atoms with Crippen molar-refractivity contribution in [3.63, 3.8) is 0 Å². The topological polar surface area (TPSA) is 66.6 Å². The number of hydrogen-bond donors (Lipinski definition) is 2. The highest BCUT2D eigenvalue weighted by molar-refractivity contribution is 5.64. The number of piperidine rings is 1. The van der Waals surface area contributed by atoms with Gasteiger partial charge >= 0.3 is 6.09 Å². The molecule has 1 fully saturated rings. The maximum atomic E-state index is 10.8. The largest absolute Gasteiger partial charge is 0.465 e. The van der Waals surface area contributed by atoms with Crippen molar-refractivity contribution in [2.45, 2.75) is 18.9 Å². The van der Waals surface area contributed by atoms with Gasteiger partial charge in [0, 0.05) is 19.1 Å². The van der Waals surface area contributed by atoms with Crippen LogP contribution in [0.25, 0.3) is 0 Å². The number of benzene rings is 1. The average Bonchev–Trinajstić information content (AvgIpc) is 2.39. The van der Waals surface area contributed by atoms with Crippen LogP contribution in [0.5, 0.6) is 0 Å². The molecule has 0 unspecified atom stereocenters. The summed E-state index contributed by atoms with van der Waals surface area (Å²) in [5.74, 6) is 0.382. The predicted molar refractivity (Wildman–Crippen MR) is 65.7 cm³/mol. The molecule has 1 saturated heterocycles. The van der Waals surface area contributed by atoms with Gasteiger partial charge in [-0.3, -0.25) is 0 Å². The zero-order valence-corrected chi connectivity index (χ0v) is 9.75. The Morgan fingerprint density at radius 1 is 1.29 bits per heavy atom. The van der Waals surface area contributed by atoms with Crippen LogP contribution in [0.1, 0.15) is 24.4 Å². The van der Waals surface area contributed by atoms with E-state index in [2.05, 4.69) is 0 Å². The summed E-state index contributed by atoms with van der Waals surface area (Å²) in [4.78, 5) is 12.3. The third kappa shape index (κ3) is 2.77. The maximum absolute atomic E-state index is 10.8. The lowest BCUT2D eigenvalue weighted by Crippen LogP contribution is -2.40. The molecule has 1 aliphatic heterocycles. The fourth-order valence-electron chi connectivity index (χ4n) is 2.40. The number of carbonyl (C=O) groups is 1. The Morgan fingerprint density at radius 2 is 1.88 bits per heavy atom. The van der Waals surface area contributed by atoms with Crippen LogP contribution in [-0.4, -0.2) is 29.2 Å². The molecule has 0 bridgehead atoms. The highest BCUT2D eigenvalue weighted by Gasteiger charge is 2.26. The minimum absolute atomic E-state index is 0.0205. The summed E-state index contributed by atoms with van der Waals surface area (Å²) in [6.45, 7) is 1.20. The number of nitrogens with zero attached hydrogens (tertiary/aromatic N) is 1. The van der Waals surface area contributed by atoms with E-state index in [1.54, 1.807) is 0 Å². The van der Waals surface area contributed by atoms with Crippen molar-refractivity contribution in [1.82, 2.24) is 4.90 Å². The quantitative estimate of drug-likeness (QED) is 0.823. The Kier molecular flexibility index (Phi) is 3.64. The molecule has 4 heteroatoms. The molecule has 1 amide bonds. The summed E-state index contributed by atoms with van der Waals surface area (Å²) in [5.41, 5.74) is 7.37. The van der Waals surface area contributed by atoms with Crippen LogP contribution in [-0.2, 0) is 0 Å². The molecule has 4 nitrogen and oxygen atoms in total. The number of hydrogen-bond acceptors (Lipinski definition) is 2. The van der Waals surface area contributed by atoms with Gasteiger partial charge in [-0.25, -0.2) is 4.79 Å². The summed E-state index contributed by atoms with van der Waals surface area (Å²) in [5, 5.41) is 8.87. The zero-order chi connectivity index (χ0) is 12.3. The van der Waals surface area contributed by atoms with E-state index in [1.807, 2.05) is 30.3 Å². The maximum Gasteiger partial charge on any atom is 0.407 e. The van der Waals surface area contributed by atoms with E-state index in [9.17, 15) is 4.79 Å². The van der Waals surface area contributed by atoms with Crippen molar-refractivity contribution in [1.29, 1.82) is 0 Å². The third-order valence-corrected chi connectivity index (χ3v) is 3.50. The molecule has 0 radical (unpaired) electrons. The summed E-state index contributed by atoms with van der Waals surface area (Å²) in [7, 11) is 0. The number of rotatable bonds is 2. The lowest BCUT2D eigenvalue weighted by atomic mass is 9.86. The van der Waals surface area contributed by atoms with Gasteiger partial charge in [-0.1, -0.05) is 30.3 Å². The van der Waals surface area contributed by atoms with Crippen LogP contribution < -0.4 is 5.73 Å². The van der Waals surface area contributed by atoms with Crippen molar-refractivity contribution < 1.29 is 9.90 Å². The molecular weight excluding hydrogens is 216 g/mol. The predicted octanol–water partition coefficient (Wildman–Crippen LogP) is 2.08. The first-order chi connectivity index (χ1) is 8.18.